The Bertz CT molecular complexity index is 975. The summed E-state index contributed by atoms with van der Waals surface area (Å²) >= 11 is 0. The molecule has 206 valence electrons. The van der Waals surface area contributed by atoms with Crippen molar-refractivity contribution in [2.45, 2.75) is 53.0 Å². The van der Waals surface area contributed by atoms with Gasteiger partial charge in [0.15, 0.2) is 0 Å². The number of hydrazone groups is 1. The summed E-state index contributed by atoms with van der Waals surface area (Å²) in [5.74, 6) is 0.970. The number of allylic oxidation sites excluding steroid dienone is 4. The Morgan fingerprint density at radius 3 is 2.57 bits per heavy atom. The van der Waals surface area contributed by atoms with Gasteiger partial charge in [-0.2, -0.15) is 10.2 Å². The number of hydrogen-bond donors (Lipinski definition) is 2. The van der Waals surface area contributed by atoms with Crippen LogP contribution < -0.4 is 10.7 Å². The van der Waals surface area contributed by atoms with Crippen molar-refractivity contribution in [3.63, 3.8) is 0 Å². The van der Waals surface area contributed by atoms with E-state index in [1.807, 2.05) is 65.4 Å². The number of aliphatic imine (C=N–C) groups is 2. The van der Waals surface area contributed by atoms with Gasteiger partial charge in [0.2, 0.25) is 5.43 Å². The number of amidine groups is 1. The first-order valence-electron chi connectivity index (χ1n) is 12.9. The largest absolute Gasteiger partial charge is 0.395 e. The number of nitrogens with one attached hydrogen (secondary N) is 1. The highest BCUT2D eigenvalue weighted by molar-refractivity contribution is 5.98. The van der Waals surface area contributed by atoms with Gasteiger partial charge >= 0.3 is 0 Å². The SMILES string of the molecule is C=C(/C=C\C=C\C(N=CC(C)CCCNCCO)=NC)Cc1nn(C(C)/C=N\N(C)C)ccc1=O.CC. The second-order valence-corrected chi connectivity index (χ2v) is 8.47. The molecule has 0 saturated heterocycles. The number of rotatable bonds is 15. The van der Waals surface area contributed by atoms with Crippen LogP contribution in [-0.4, -0.2) is 79.0 Å². The van der Waals surface area contributed by atoms with Crippen LogP contribution in [-0.2, 0) is 6.42 Å². The van der Waals surface area contributed by atoms with Crippen molar-refractivity contribution in [2.24, 2.45) is 21.0 Å². The van der Waals surface area contributed by atoms with Crippen molar-refractivity contribution in [1.29, 1.82) is 0 Å². The van der Waals surface area contributed by atoms with Crippen LogP contribution in [0.1, 0.15) is 52.3 Å². The fourth-order valence-corrected chi connectivity index (χ4v) is 2.92. The lowest BCUT2D eigenvalue weighted by atomic mass is 10.1. The van der Waals surface area contributed by atoms with Crippen molar-refractivity contribution in [3.05, 3.63) is 64.6 Å². The minimum absolute atomic E-state index is 0.0820. The average molecular weight is 514 g/mol. The molecule has 9 heteroatoms. The molecule has 0 aliphatic heterocycles. The first-order chi connectivity index (χ1) is 17.8. The van der Waals surface area contributed by atoms with E-state index in [0.29, 0.717) is 30.4 Å². The zero-order valence-electron chi connectivity index (χ0n) is 23.8. The summed E-state index contributed by atoms with van der Waals surface area (Å²) in [5, 5.41) is 22.3. The highest BCUT2D eigenvalue weighted by Crippen LogP contribution is 2.05. The molecule has 0 spiro atoms. The Morgan fingerprint density at radius 1 is 1.22 bits per heavy atom. The predicted molar refractivity (Wildman–Crippen MR) is 158 cm³/mol. The van der Waals surface area contributed by atoms with E-state index in [0.717, 1.165) is 25.0 Å². The minimum Gasteiger partial charge on any atom is -0.395 e. The molecule has 0 amide bonds. The lowest BCUT2D eigenvalue weighted by Gasteiger charge is -2.12. The molecule has 2 unspecified atom stereocenters. The number of hydrogen-bond acceptors (Lipinski definition) is 7. The van der Waals surface area contributed by atoms with Crippen LogP contribution in [0.25, 0.3) is 0 Å². The lowest BCUT2D eigenvalue weighted by Crippen LogP contribution is -2.20. The van der Waals surface area contributed by atoms with Crippen LogP contribution in [0.5, 0.6) is 0 Å². The molecule has 37 heavy (non-hydrogen) atoms. The molecule has 2 N–H and O–H groups in total. The molecule has 1 heterocycles. The highest BCUT2D eigenvalue weighted by Gasteiger charge is 2.07. The van der Waals surface area contributed by atoms with Gasteiger partial charge in [-0.15, -0.1) is 0 Å². The summed E-state index contributed by atoms with van der Waals surface area (Å²) in [5.41, 5.74) is 1.10. The van der Waals surface area contributed by atoms with E-state index >= 15 is 0 Å². The van der Waals surface area contributed by atoms with Crippen LogP contribution in [0.3, 0.4) is 0 Å². The monoisotopic (exact) mass is 513 g/mol. The predicted octanol–water partition coefficient (Wildman–Crippen LogP) is 3.69. The molecule has 0 bridgehead atoms. The Kier molecular flexibility index (Phi) is 19.2. The Hall–Kier alpha value is -3.17. The number of aliphatic hydroxyl groups is 1. The molecule has 1 aromatic heterocycles. The van der Waals surface area contributed by atoms with Crippen molar-refractivity contribution < 1.29 is 5.11 Å². The lowest BCUT2D eigenvalue weighted by molar-refractivity contribution is 0.292. The summed E-state index contributed by atoms with van der Waals surface area (Å²) in [6.45, 7) is 13.8. The van der Waals surface area contributed by atoms with Gasteiger partial charge in [-0.05, 0) is 43.9 Å². The molecule has 0 aliphatic carbocycles. The van der Waals surface area contributed by atoms with E-state index in [2.05, 4.69) is 39.0 Å². The summed E-state index contributed by atoms with van der Waals surface area (Å²) in [7, 11) is 5.41. The number of nitrogens with zero attached hydrogens (tertiary/aromatic N) is 6. The van der Waals surface area contributed by atoms with E-state index in [9.17, 15) is 4.79 Å². The topological polar surface area (TPSA) is 107 Å². The molecule has 0 fully saturated rings. The van der Waals surface area contributed by atoms with E-state index < -0.39 is 0 Å². The molecular weight excluding hydrogens is 466 g/mol. The summed E-state index contributed by atoms with van der Waals surface area (Å²) in [6, 6.07) is 1.44. The summed E-state index contributed by atoms with van der Waals surface area (Å²) < 4.78 is 1.72. The fourth-order valence-electron chi connectivity index (χ4n) is 2.92. The van der Waals surface area contributed by atoms with E-state index in [4.69, 9.17) is 5.11 Å². The van der Waals surface area contributed by atoms with Gasteiger partial charge in [0, 0.05) is 58.8 Å². The maximum atomic E-state index is 12.3. The van der Waals surface area contributed by atoms with Gasteiger partial charge in [0.25, 0.3) is 0 Å². The summed E-state index contributed by atoms with van der Waals surface area (Å²) in [4.78, 5) is 20.9. The van der Waals surface area contributed by atoms with Crippen molar-refractivity contribution >= 4 is 18.3 Å². The van der Waals surface area contributed by atoms with E-state index in [1.54, 1.807) is 29.1 Å². The Balaban J connectivity index is 0.00000631. The molecular formula is C28H47N7O2. The molecule has 0 aliphatic rings. The standard InChI is InChI=1S/C26H41N7O2.C2H6/c1-21(18-24-25(35)13-16-33(31-24)23(3)20-30-32(5)6)10-7-8-12-26(27-4)29-19-22(2)11-9-14-28-15-17-34;1-2/h7-8,10,12-13,16,19-20,22-23,28,34H,1,9,11,14-15,17-18H2,2-6H3;1-2H3/b10-7-,12-8+,27-26?,29-19?,30-20-;. The van der Waals surface area contributed by atoms with Gasteiger partial charge in [-0.3, -0.25) is 14.5 Å². The fraction of sp³-hybridized carbons (Fsp3) is 0.536. The van der Waals surface area contributed by atoms with Gasteiger partial charge in [-0.1, -0.05) is 45.6 Å². The molecule has 1 aromatic rings. The molecule has 1 rings (SSSR count). The first kappa shape index (κ1) is 33.8. The van der Waals surface area contributed by atoms with E-state index in [-0.39, 0.29) is 18.1 Å². The van der Waals surface area contributed by atoms with Crippen LogP contribution >= 0.6 is 0 Å². The molecule has 2 atom stereocenters. The first-order valence-corrected chi connectivity index (χ1v) is 12.9. The summed E-state index contributed by atoms with van der Waals surface area (Å²) in [6.07, 6.45) is 15.1. The maximum absolute atomic E-state index is 12.3. The zero-order valence-corrected chi connectivity index (χ0v) is 23.8. The molecule has 0 saturated carbocycles. The number of aromatic nitrogens is 2. The van der Waals surface area contributed by atoms with Crippen LogP contribution in [0.4, 0.5) is 0 Å². The Labute approximate surface area is 223 Å². The third-order valence-electron chi connectivity index (χ3n) is 4.90. The third kappa shape index (κ3) is 16.2. The zero-order chi connectivity index (χ0) is 28.1. The maximum Gasteiger partial charge on any atom is 0.203 e. The highest BCUT2D eigenvalue weighted by atomic mass is 16.3. The third-order valence-corrected chi connectivity index (χ3v) is 4.90. The molecule has 0 aromatic carbocycles. The van der Waals surface area contributed by atoms with Crippen LogP contribution in [0.15, 0.2) is 68.6 Å². The van der Waals surface area contributed by atoms with Crippen LogP contribution in [0, 0.1) is 5.92 Å². The normalized spacial score (nSPS) is 13.9. The Morgan fingerprint density at radius 2 is 1.92 bits per heavy atom. The van der Waals surface area contributed by atoms with Crippen molar-refractivity contribution in [2.75, 3.05) is 40.8 Å². The van der Waals surface area contributed by atoms with Gasteiger partial charge in [-0.25, -0.2) is 4.99 Å². The van der Waals surface area contributed by atoms with Gasteiger partial charge in [0.05, 0.1) is 12.6 Å². The average Bonchev–Trinajstić information content (AvgIpc) is 2.89. The van der Waals surface area contributed by atoms with Gasteiger partial charge < -0.3 is 15.4 Å². The molecule has 0 radical (unpaired) electrons. The van der Waals surface area contributed by atoms with Crippen molar-refractivity contribution in [3.8, 4) is 0 Å². The second-order valence-electron chi connectivity index (χ2n) is 8.47. The van der Waals surface area contributed by atoms with Gasteiger partial charge in [0.1, 0.15) is 11.5 Å². The number of aliphatic hydroxyl groups excluding tert-OH is 1. The van der Waals surface area contributed by atoms with E-state index in [1.165, 1.54) is 6.07 Å². The quantitative estimate of drug-likeness (QED) is 0.122. The van der Waals surface area contributed by atoms with Crippen LogP contribution in [0.2, 0.25) is 0 Å². The molecule has 9 nitrogen and oxygen atoms in total. The smallest absolute Gasteiger partial charge is 0.203 e. The van der Waals surface area contributed by atoms with Crippen molar-refractivity contribution in [1.82, 2.24) is 20.1 Å². The minimum atomic E-state index is -0.115. The second kappa shape index (κ2) is 21.0.